The van der Waals surface area contributed by atoms with Gasteiger partial charge in [0, 0.05) is 69.3 Å². The summed E-state index contributed by atoms with van der Waals surface area (Å²) in [7, 11) is 5.02. The summed E-state index contributed by atoms with van der Waals surface area (Å²) in [5.74, 6) is 0.106. The number of piperidine rings is 2. The van der Waals surface area contributed by atoms with E-state index in [1.54, 1.807) is 24.0 Å². The summed E-state index contributed by atoms with van der Waals surface area (Å²) < 4.78 is 8.76. The second kappa shape index (κ2) is 14.5. The van der Waals surface area contributed by atoms with Crippen LogP contribution in [0.4, 0.5) is 23.1 Å². The Kier molecular flexibility index (Phi) is 9.69. The number of hydrogen-bond donors (Lipinski definition) is 4. The molecule has 2 saturated heterocycles. The predicted molar refractivity (Wildman–Crippen MR) is 198 cm³/mol. The van der Waals surface area contributed by atoms with Gasteiger partial charge in [-0.1, -0.05) is 11.6 Å². The van der Waals surface area contributed by atoms with E-state index in [0.717, 1.165) is 54.5 Å². The molecular formula is C36H39ClN10O5. The van der Waals surface area contributed by atoms with E-state index in [9.17, 15) is 19.2 Å². The molecule has 0 bridgehead atoms. The number of carbonyl (C=O) groups excluding carboxylic acids is 3. The van der Waals surface area contributed by atoms with Crippen LogP contribution < -0.4 is 36.5 Å². The Bertz CT molecular complexity index is 2270. The molecule has 2 atom stereocenters. The molecule has 2 aromatic carbocycles. The van der Waals surface area contributed by atoms with E-state index in [-0.39, 0.29) is 35.6 Å². The zero-order valence-electron chi connectivity index (χ0n) is 29.0. The van der Waals surface area contributed by atoms with Crippen molar-refractivity contribution in [3.8, 4) is 5.75 Å². The van der Waals surface area contributed by atoms with Crippen molar-refractivity contribution in [2.75, 3.05) is 48.8 Å². The minimum atomic E-state index is -0.445. The van der Waals surface area contributed by atoms with Crippen molar-refractivity contribution in [2.45, 2.75) is 31.6 Å². The molecule has 0 saturated carbocycles. The SMILES string of the molecule is CNC(=O)COc1cc2cc(Nc3nc(N4CCCC(CNc5ccc6c(C7CCC(=O)NC7=O)nn(C)c6c5)C4)ncc3Cl)ccc2n(C)c1=O. The van der Waals surface area contributed by atoms with Crippen molar-refractivity contribution in [1.29, 1.82) is 0 Å². The number of benzene rings is 2. The highest BCUT2D eigenvalue weighted by Gasteiger charge is 2.31. The number of aromatic nitrogens is 5. The number of rotatable bonds is 10. The molecule has 3 amide bonds. The molecule has 2 aliphatic rings. The number of amides is 3. The summed E-state index contributed by atoms with van der Waals surface area (Å²) in [5, 5.41) is 18.5. The molecule has 0 spiro atoms. The summed E-state index contributed by atoms with van der Waals surface area (Å²) in [4.78, 5) is 60.2. The van der Waals surface area contributed by atoms with Crippen LogP contribution in [0.15, 0.2) is 53.5 Å². The molecule has 0 radical (unpaired) electrons. The van der Waals surface area contributed by atoms with Crippen molar-refractivity contribution >= 4 is 74.3 Å². The quantitative estimate of drug-likeness (QED) is 0.155. The maximum absolute atomic E-state index is 12.8. The lowest BCUT2D eigenvalue weighted by molar-refractivity contribution is -0.134. The van der Waals surface area contributed by atoms with Crippen LogP contribution in [0.5, 0.6) is 5.75 Å². The van der Waals surface area contributed by atoms with Crippen molar-refractivity contribution in [3.63, 3.8) is 0 Å². The van der Waals surface area contributed by atoms with Crippen LogP contribution in [-0.2, 0) is 28.5 Å². The van der Waals surface area contributed by atoms with Gasteiger partial charge in [-0.15, -0.1) is 0 Å². The molecule has 52 heavy (non-hydrogen) atoms. The number of carbonyl (C=O) groups is 3. The molecule has 2 unspecified atom stereocenters. The Hall–Kier alpha value is -5.70. The summed E-state index contributed by atoms with van der Waals surface area (Å²) in [6.07, 6.45) is 4.38. The van der Waals surface area contributed by atoms with Crippen LogP contribution in [0.1, 0.15) is 37.3 Å². The Morgan fingerprint density at radius 3 is 2.69 bits per heavy atom. The fourth-order valence-electron chi connectivity index (χ4n) is 6.87. The molecule has 0 aliphatic carbocycles. The largest absolute Gasteiger partial charge is 0.478 e. The molecule has 5 aromatic rings. The van der Waals surface area contributed by atoms with E-state index >= 15 is 0 Å². The average Bonchev–Trinajstić information content (AvgIpc) is 3.47. The minimum absolute atomic E-state index is 0.0729. The second-order valence-corrected chi connectivity index (χ2v) is 13.6. The number of hydrogen-bond acceptors (Lipinski definition) is 11. The van der Waals surface area contributed by atoms with Gasteiger partial charge in [-0.2, -0.15) is 10.1 Å². The summed E-state index contributed by atoms with van der Waals surface area (Å²) in [6, 6.07) is 13.2. The van der Waals surface area contributed by atoms with Crippen molar-refractivity contribution < 1.29 is 19.1 Å². The first-order valence-electron chi connectivity index (χ1n) is 17.1. The normalized spacial score (nSPS) is 17.7. The monoisotopic (exact) mass is 726 g/mol. The van der Waals surface area contributed by atoms with Gasteiger partial charge in [0.05, 0.1) is 28.8 Å². The number of anilines is 4. The van der Waals surface area contributed by atoms with Gasteiger partial charge in [0.25, 0.3) is 11.5 Å². The van der Waals surface area contributed by atoms with Gasteiger partial charge in [-0.25, -0.2) is 4.98 Å². The maximum atomic E-state index is 12.8. The van der Waals surface area contributed by atoms with Crippen LogP contribution >= 0.6 is 11.6 Å². The van der Waals surface area contributed by atoms with Crippen molar-refractivity contribution in [3.05, 3.63) is 69.7 Å². The lowest BCUT2D eigenvalue weighted by atomic mass is 9.93. The molecule has 2 fully saturated rings. The zero-order chi connectivity index (χ0) is 36.5. The smallest absolute Gasteiger partial charge is 0.293 e. The Labute approximate surface area is 303 Å². The number of halogens is 1. The number of ether oxygens (including phenoxy) is 1. The average molecular weight is 727 g/mol. The topological polar surface area (TPSA) is 177 Å². The third-order valence-electron chi connectivity index (χ3n) is 9.67. The molecule has 3 aromatic heterocycles. The van der Waals surface area contributed by atoms with Gasteiger partial charge < -0.3 is 30.2 Å². The first-order chi connectivity index (χ1) is 25.1. The van der Waals surface area contributed by atoms with E-state index in [1.165, 1.54) is 11.6 Å². The summed E-state index contributed by atoms with van der Waals surface area (Å²) >= 11 is 6.56. The van der Waals surface area contributed by atoms with E-state index in [4.69, 9.17) is 21.3 Å². The van der Waals surface area contributed by atoms with E-state index < -0.39 is 5.92 Å². The second-order valence-electron chi connectivity index (χ2n) is 13.2. The van der Waals surface area contributed by atoms with Gasteiger partial charge in [0.1, 0.15) is 5.02 Å². The number of aryl methyl sites for hydroxylation is 2. The minimum Gasteiger partial charge on any atom is -0.478 e. The van der Waals surface area contributed by atoms with Crippen LogP contribution in [0.2, 0.25) is 5.02 Å². The standard InChI is InChI=1S/C36H39ClN10O5/c1-38-31(49)19-52-29-14-21-13-23(7-10-27(21)45(2)35(29)51)41-33-26(37)17-40-36(43-33)47-12-4-5-20(18-47)16-39-22-6-8-24-28(15-22)46(3)44-32(24)25-9-11-30(48)42-34(25)50/h6-8,10,13-15,17,20,25,39H,4-5,9,11-12,16,18-19H2,1-3H3,(H,38,49)(H,40,41,43)(H,42,48,50). The highest BCUT2D eigenvalue weighted by atomic mass is 35.5. The number of nitrogens with zero attached hydrogens (tertiary/aromatic N) is 6. The van der Waals surface area contributed by atoms with Gasteiger partial charge in [-0.05, 0) is 67.6 Å². The van der Waals surface area contributed by atoms with Crippen molar-refractivity contribution in [2.24, 2.45) is 20.0 Å². The first-order valence-corrected chi connectivity index (χ1v) is 17.5. The number of fused-ring (bicyclic) bond motifs is 2. The first kappa shape index (κ1) is 34.7. The van der Waals surface area contributed by atoms with Gasteiger partial charge >= 0.3 is 0 Å². The lowest BCUT2D eigenvalue weighted by Gasteiger charge is -2.33. The van der Waals surface area contributed by atoms with Crippen LogP contribution in [0, 0.1) is 5.92 Å². The van der Waals surface area contributed by atoms with E-state index in [0.29, 0.717) is 52.4 Å². The molecule has 7 rings (SSSR count). The molecule has 16 heteroatoms. The highest BCUT2D eigenvalue weighted by Crippen LogP contribution is 2.33. The number of pyridine rings is 1. The molecule has 2 aliphatic heterocycles. The van der Waals surface area contributed by atoms with Gasteiger partial charge in [0.15, 0.2) is 18.2 Å². The van der Waals surface area contributed by atoms with Crippen molar-refractivity contribution in [1.82, 2.24) is 34.9 Å². The summed E-state index contributed by atoms with van der Waals surface area (Å²) in [5.41, 5.74) is 3.62. The van der Waals surface area contributed by atoms with E-state index in [2.05, 4.69) is 36.2 Å². The zero-order valence-corrected chi connectivity index (χ0v) is 29.8. The number of likely N-dealkylation sites (N-methyl/N-ethyl adjacent to an activating group) is 1. The van der Waals surface area contributed by atoms with Crippen LogP contribution in [0.25, 0.3) is 21.8 Å². The third kappa shape index (κ3) is 7.08. The molecule has 15 nitrogen and oxygen atoms in total. The molecule has 270 valence electrons. The molecule has 4 N–H and O–H groups in total. The van der Waals surface area contributed by atoms with Crippen LogP contribution in [0.3, 0.4) is 0 Å². The van der Waals surface area contributed by atoms with Gasteiger partial charge in [0.2, 0.25) is 17.8 Å². The Balaban J connectivity index is 1.02. The predicted octanol–water partition coefficient (Wildman–Crippen LogP) is 3.59. The third-order valence-corrected chi connectivity index (χ3v) is 9.95. The fraction of sp³-hybridized carbons (Fsp3) is 0.361. The van der Waals surface area contributed by atoms with Gasteiger partial charge in [-0.3, -0.25) is 29.2 Å². The summed E-state index contributed by atoms with van der Waals surface area (Å²) in [6.45, 7) is 2.04. The van der Waals surface area contributed by atoms with Crippen LogP contribution in [-0.4, -0.2) is 75.3 Å². The molecule has 5 heterocycles. The highest BCUT2D eigenvalue weighted by molar-refractivity contribution is 6.33. The fourth-order valence-corrected chi connectivity index (χ4v) is 7.01. The maximum Gasteiger partial charge on any atom is 0.293 e. The molecular weight excluding hydrogens is 688 g/mol. The number of nitrogens with one attached hydrogen (secondary N) is 4. The van der Waals surface area contributed by atoms with E-state index in [1.807, 2.05) is 43.4 Å². The Morgan fingerprint density at radius 2 is 1.88 bits per heavy atom. The lowest BCUT2D eigenvalue weighted by Crippen LogP contribution is -2.39. The Morgan fingerprint density at radius 1 is 1.06 bits per heavy atom. The number of imide groups is 1.